The molecule has 2 atom stereocenters. The molecule has 5 rings (SSSR count). The average molecular weight is 505 g/mol. The van der Waals surface area contributed by atoms with Crippen molar-refractivity contribution in [3.8, 4) is 16.9 Å². The van der Waals surface area contributed by atoms with Crippen molar-refractivity contribution in [1.82, 2.24) is 4.90 Å². The Hall–Kier alpha value is -2.94. The quantitative estimate of drug-likeness (QED) is 0.516. The van der Waals surface area contributed by atoms with Crippen molar-refractivity contribution in [3.63, 3.8) is 0 Å². The second kappa shape index (κ2) is 8.87. The first kappa shape index (κ1) is 24.7. The highest BCUT2D eigenvalue weighted by molar-refractivity contribution is 5.78. The fourth-order valence-electron chi connectivity index (χ4n) is 5.65. The van der Waals surface area contributed by atoms with Crippen LogP contribution < -0.4 is 9.64 Å². The lowest BCUT2D eigenvalue weighted by Gasteiger charge is -2.39. The van der Waals surface area contributed by atoms with Gasteiger partial charge in [-0.3, -0.25) is 0 Å². The number of piperidine rings is 1. The molecular formula is C27H31F3N2O4. The van der Waals surface area contributed by atoms with Crippen LogP contribution in [0.25, 0.3) is 11.1 Å². The smallest absolute Gasteiger partial charge is 0.417 e. The summed E-state index contributed by atoms with van der Waals surface area (Å²) < 4.78 is 58.6. The van der Waals surface area contributed by atoms with Gasteiger partial charge >= 0.3 is 12.3 Å². The Morgan fingerprint density at radius 2 is 1.89 bits per heavy atom. The van der Waals surface area contributed by atoms with E-state index in [4.69, 9.17) is 14.2 Å². The van der Waals surface area contributed by atoms with E-state index in [1.165, 1.54) is 13.2 Å². The molecular weight excluding hydrogens is 473 g/mol. The lowest BCUT2D eigenvalue weighted by atomic mass is 9.86. The molecule has 3 aliphatic rings. The monoisotopic (exact) mass is 504 g/mol. The first-order valence-electron chi connectivity index (χ1n) is 12.2. The number of fused-ring (bicyclic) bond motifs is 3. The number of carbonyl (C=O) groups is 1. The van der Waals surface area contributed by atoms with Gasteiger partial charge in [0.05, 0.1) is 25.9 Å². The van der Waals surface area contributed by atoms with Crippen LogP contribution in [0.2, 0.25) is 0 Å². The fraction of sp³-hybridized carbons (Fsp3) is 0.519. The molecule has 0 N–H and O–H groups in total. The molecule has 0 aliphatic carbocycles. The second-order valence-corrected chi connectivity index (χ2v) is 10.6. The Morgan fingerprint density at radius 3 is 2.58 bits per heavy atom. The number of alkyl halides is 3. The zero-order valence-electron chi connectivity index (χ0n) is 20.9. The van der Waals surface area contributed by atoms with E-state index < -0.39 is 17.3 Å². The van der Waals surface area contributed by atoms with Crippen molar-refractivity contribution >= 4 is 11.8 Å². The molecule has 36 heavy (non-hydrogen) atoms. The normalized spacial score (nSPS) is 21.5. The fourth-order valence-corrected chi connectivity index (χ4v) is 5.65. The highest BCUT2D eigenvalue weighted by Crippen LogP contribution is 2.50. The van der Waals surface area contributed by atoms with Crippen LogP contribution in [0.3, 0.4) is 0 Å². The van der Waals surface area contributed by atoms with E-state index in [-0.39, 0.29) is 29.4 Å². The average Bonchev–Trinajstić information content (AvgIpc) is 2.96. The highest BCUT2D eigenvalue weighted by Gasteiger charge is 2.45. The first-order chi connectivity index (χ1) is 17.0. The molecule has 3 aliphatic heterocycles. The predicted molar refractivity (Wildman–Crippen MR) is 129 cm³/mol. The van der Waals surface area contributed by atoms with E-state index >= 15 is 0 Å². The van der Waals surface area contributed by atoms with E-state index in [1.807, 2.05) is 32.9 Å². The highest BCUT2D eigenvalue weighted by atomic mass is 19.4. The molecule has 3 heterocycles. The minimum Gasteiger partial charge on any atom is -0.497 e. The molecule has 1 fully saturated rings. The van der Waals surface area contributed by atoms with Crippen molar-refractivity contribution in [1.29, 1.82) is 0 Å². The van der Waals surface area contributed by atoms with E-state index in [0.717, 1.165) is 29.3 Å². The zero-order valence-corrected chi connectivity index (χ0v) is 20.9. The Bertz CT molecular complexity index is 1170. The number of rotatable bonds is 2. The van der Waals surface area contributed by atoms with Gasteiger partial charge in [0.15, 0.2) is 0 Å². The number of amides is 1. The number of ether oxygens (including phenoxy) is 3. The number of hydrogen-bond donors (Lipinski definition) is 0. The maximum Gasteiger partial charge on any atom is 0.417 e. The molecule has 2 aromatic rings. The van der Waals surface area contributed by atoms with Crippen LogP contribution >= 0.6 is 0 Å². The number of halogens is 3. The van der Waals surface area contributed by atoms with Gasteiger partial charge in [0.25, 0.3) is 0 Å². The largest absolute Gasteiger partial charge is 0.497 e. The van der Waals surface area contributed by atoms with Crippen LogP contribution in [0.5, 0.6) is 5.75 Å². The van der Waals surface area contributed by atoms with E-state index in [1.54, 1.807) is 11.0 Å². The SMILES string of the molecule is COc1ccc(-c2cc3c4c(c2)C2CN(C(=O)OC(C)(C)C)CCC2N4CCOC3)c(C(F)(F)F)c1. The molecule has 0 aromatic heterocycles. The molecule has 1 amide bonds. The van der Waals surface area contributed by atoms with Crippen LogP contribution in [0.4, 0.5) is 23.7 Å². The number of nitrogens with zero attached hydrogens (tertiary/aromatic N) is 2. The van der Waals surface area contributed by atoms with Gasteiger partial charge < -0.3 is 24.0 Å². The number of likely N-dealkylation sites (tertiary alicyclic amines) is 1. The Kier molecular flexibility index (Phi) is 6.09. The third-order valence-electron chi connectivity index (χ3n) is 7.11. The summed E-state index contributed by atoms with van der Waals surface area (Å²) in [4.78, 5) is 16.9. The molecule has 0 radical (unpaired) electrons. The Balaban J connectivity index is 1.59. The topological polar surface area (TPSA) is 51.2 Å². The molecule has 1 saturated heterocycles. The predicted octanol–water partition coefficient (Wildman–Crippen LogP) is 5.82. The number of carbonyl (C=O) groups excluding carboxylic acids is 1. The van der Waals surface area contributed by atoms with Gasteiger partial charge in [-0.2, -0.15) is 13.2 Å². The summed E-state index contributed by atoms with van der Waals surface area (Å²) in [6.07, 6.45) is -4.15. The minimum atomic E-state index is -4.54. The van der Waals surface area contributed by atoms with Gasteiger partial charge in [-0.05, 0) is 68.1 Å². The molecule has 0 spiro atoms. The van der Waals surface area contributed by atoms with Crippen molar-refractivity contribution in [2.75, 3.05) is 38.3 Å². The van der Waals surface area contributed by atoms with Crippen molar-refractivity contribution < 1.29 is 32.2 Å². The number of benzene rings is 2. The maximum atomic E-state index is 14.0. The number of hydrogen-bond acceptors (Lipinski definition) is 5. The van der Waals surface area contributed by atoms with Gasteiger partial charge in [0, 0.05) is 42.8 Å². The molecule has 9 heteroatoms. The van der Waals surface area contributed by atoms with Crippen LogP contribution in [-0.2, 0) is 22.3 Å². The van der Waals surface area contributed by atoms with Gasteiger partial charge in [0.1, 0.15) is 11.4 Å². The van der Waals surface area contributed by atoms with Crippen molar-refractivity contribution in [2.45, 2.75) is 57.5 Å². The third-order valence-corrected chi connectivity index (χ3v) is 7.11. The summed E-state index contributed by atoms with van der Waals surface area (Å²) >= 11 is 0. The maximum absolute atomic E-state index is 14.0. The number of anilines is 1. The summed E-state index contributed by atoms with van der Waals surface area (Å²) in [6.45, 7) is 8.12. The van der Waals surface area contributed by atoms with E-state index in [9.17, 15) is 18.0 Å². The molecule has 194 valence electrons. The first-order valence-corrected chi connectivity index (χ1v) is 12.2. The third kappa shape index (κ3) is 4.49. The summed E-state index contributed by atoms with van der Waals surface area (Å²) in [5, 5.41) is 0. The summed E-state index contributed by atoms with van der Waals surface area (Å²) in [5.41, 5.74) is 2.13. The lowest BCUT2D eigenvalue weighted by molar-refractivity contribution is -0.137. The van der Waals surface area contributed by atoms with Crippen LogP contribution in [-0.4, -0.2) is 56.0 Å². The molecule has 2 aromatic carbocycles. The van der Waals surface area contributed by atoms with E-state index in [2.05, 4.69) is 4.90 Å². The van der Waals surface area contributed by atoms with Crippen LogP contribution in [0.1, 0.15) is 49.8 Å². The minimum absolute atomic E-state index is 0.0225. The van der Waals surface area contributed by atoms with Crippen LogP contribution in [0.15, 0.2) is 30.3 Å². The molecule has 2 unspecified atom stereocenters. The number of methoxy groups -OCH3 is 1. The molecule has 0 bridgehead atoms. The van der Waals surface area contributed by atoms with Crippen molar-refractivity contribution in [2.24, 2.45) is 0 Å². The van der Waals surface area contributed by atoms with Gasteiger partial charge in [0.2, 0.25) is 0 Å². The Morgan fingerprint density at radius 1 is 1.11 bits per heavy atom. The second-order valence-electron chi connectivity index (χ2n) is 10.6. The Labute approximate surface area is 208 Å². The summed E-state index contributed by atoms with van der Waals surface area (Å²) in [5.74, 6) is 0.130. The van der Waals surface area contributed by atoms with Crippen molar-refractivity contribution in [3.05, 3.63) is 47.0 Å². The summed E-state index contributed by atoms with van der Waals surface area (Å²) in [7, 11) is 1.35. The molecule has 6 nitrogen and oxygen atoms in total. The van der Waals surface area contributed by atoms with E-state index in [0.29, 0.717) is 38.4 Å². The lowest BCUT2D eigenvalue weighted by Crippen LogP contribution is -2.49. The molecule has 0 saturated carbocycles. The zero-order chi connectivity index (χ0) is 25.8. The standard InChI is InChI=1S/C27H31F3N2O4/c1-26(2,3)36-25(33)31-8-7-23-21(14-31)20-12-16(11-17-15-35-10-9-32(23)24(17)20)19-6-5-18(34-4)13-22(19)27(28,29)30/h5-6,11-13,21,23H,7-10,14-15H2,1-4H3. The van der Waals surface area contributed by atoms with Gasteiger partial charge in [-0.15, -0.1) is 0 Å². The van der Waals surface area contributed by atoms with Gasteiger partial charge in [-0.25, -0.2) is 4.79 Å². The summed E-state index contributed by atoms with van der Waals surface area (Å²) in [6, 6.07) is 7.90. The van der Waals surface area contributed by atoms with Gasteiger partial charge in [-0.1, -0.05) is 6.07 Å². The van der Waals surface area contributed by atoms with Crippen LogP contribution in [0, 0.1) is 0 Å².